The maximum absolute atomic E-state index is 8.75. The summed E-state index contributed by atoms with van der Waals surface area (Å²) in [5.41, 5.74) is 0. The molecule has 5 heteroatoms. The Labute approximate surface area is 51.7 Å². The fourth-order valence-corrected chi connectivity index (χ4v) is 2.25. The molecule has 46 valence electrons. The Morgan fingerprint density at radius 3 is 1.43 bits per heavy atom. The molecule has 0 saturated heterocycles. The van der Waals surface area contributed by atoms with Crippen LogP contribution >= 0.6 is 28.9 Å². The molecule has 7 heavy (non-hydrogen) atoms. The van der Waals surface area contributed by atoms with Crippen molar-refractivity contribution in [3.05, 3.63) is 0 Å². The van der Waals surface area contributed by atoms with E-state index in [0.717, 1.165) is 22.8 Å². The van der Waals surface area contributed by atoms with Crippen molar-refractivity contribution in [3.63, 3.8) is 0 Å². The summed E-state index contributed by atoms with van der Waals surface area (Å²) in [6, 6.07) is 0. The fraction of sp³-hybridized carbons (Fsp3) is 1.00. The van der Waals surface area contributed by atoms with Gasteiger partial charge in [-0.05, 0) is 0 Å². The van der Waals surface area contributed by atoms with E-state index in [1.54, 1.807) is 12.5 Å². The van der Waals surface area contributed by atoms with Crippen LogP contribution in [0.3, 0.4) is 0 Å². The topological polar surface area (TPSA) is 40.5 Å². The van der Waals surface area contributed by atoms with Gasteiger partial charge in [-0.25, -0.2) is 0 Å². The summed E-state index contributed by atoms with van der Waals surface area (Å²) < 4.78 is 0. The van der Waals surface area contributed by atoms with Gasteiger partial charge in [0.2, 0.25) is 0 Å². The minimum absolute atomic E-state index is 1.14. The second-order valence-corrected chi connectivity index (χ2v) is 9.51. The third-order valence-electron chi connectivity index (χ3n) is 0.532. The van der Waals surface area contributed by atoms with E-state index >= 15 is 0 Å². The van der Waals surface area contributed by atoms with Crippen LogP contribution < -0.4 is 0 Å². The van der Waals surface area contributed by atoms with Gasteiger partial charge in [0.15, 0.2) is 0 Å². The summed E-state index contributed by atoms with van der Waals surface area (Å²) in [6.07, 6.45) is 0.576. The van der Waals surface area contributed by atoms with Crippen molar-refractivity contribution in [2.24, 2.45) is 0 Å². The van der Waals surface area contributed by atoms with Gasteiger partial charge in [0.25, 0.3) is 0 Å². The van der Waals surface area contributed by atoms with Crippen molar-refractivity contribution < 1.29 is 9.79 Å². The van der Waals surface area contributed by atoms with Crippen molar-refractivity contribution in [2.45, 2.75) is 0 Å². The van der Waals surface area contributed by atoms with E-state index in [0.29, 0.717) is 0 Å². The Morgan fingerprint density at radius 1 is 1.14 bits per heavy atom. The van der Waals surface area contributed by atoms with Gasteiger partial charge in [-0.1, -0.05) is 0 Å². The summed E-state index contributed by atoms with van der Waals surface area (Å²) in [5, 5.41) is 0. The summed E-state index contributed by atoms with van der Waals surface area (Å²) in [7, 11) is 0. The molecule has 0 unspecified atom stereocenters. The van der Waals surface area contributed by atoms with Crippen molar-refractivity contribution >= 4 is 28.9 Å². The summed E-state index contributed by atoms with van der Waals surface area (Å²) in [4.78, 5) is 17.5. The van der Waals surface area contributed by atoms with Crippen LogP contribution in [-0.2, 0) is 0 Å². The van der Waals surface area contributed by atoms with Crippen molar-refractivity contribution in [2.75, 3.05) is 12.5 Å². The molecular weight excluding hydrogens is 151 g/mol. The van der Waals surface area contributed by atoms with Crippen LogP contribution in [0.2, 0.25) is 0 Å². The van der Waals surface area contributed by atoms with E-state index < -0.39 is 6.12 Å². The number of hydrogen-bond donors (Lipinski definition) is 2. The zero-order chi connectivity index (χ0) is 5.91. The SMILES string of the molecule is CS[PH](O)(O)SC. The van der Waals surface area contributed by atoms with Gasteiger partial charge >= 0.3 is 51.2 Å². The van der Waals surface area contributed by atoms with E-state index in [-0.39, 0.29) is 0 Å². The predicted octanol–water partition coefficient (Wildman–Crippen LogP) is 1.11. The van der Waals surface area contributed by atoms with Gasteiger partial charge in [-0.3, -0.25) is 0 Å². The molecule has 0 amide bonds. The monoisotopic (exact) mass is 160 g/mol. The van der Waals surface area contributed by atoms with Crippen molar-refractivity contribution in [3.8, 4) is 0 Å². The Morgan fingerprint density at radius 2 is 1.43 bits per heavy atom. The maximum atomic E-state index is 8.75. The van der Waals surface area contributed by atoms with E-state index in [4.69, 9.17) is 9.79 Å². The first-order chi connectivity index (χ1) is 3.12. The van der Waals surface area contributed by atoms with Gasteiger partial charge in [0, 0.05) is 0 Å². The second kappa shape index (κ2) is 3.15. The van der Waals surface area contributed by atoms with Crippen molar-refractivity contribution in [1.29, 1.82) is 0 Å². The Balaban J connectivity index is 3.36. The van der Waals surface area contributed by atoms with E-state index in [1.807, 2.05) is 0 Å². The first-order valence-electron chi connectivity index (χ1n) is 1.67. The average molecular weight is 160 g/mol. The molecule has 0 aromatic rings. The molecular formula is C2H9O2PS2. The van der Waals surface area contributed by atoms with E-state index in [2.05, 4.69) is 0 Å². The molecule has 0 radical (unpaired) electrons. The quantitative estimate of drug-likeness (QED) is 0.594. The number of hydrogen-bond acceptors (Lipinski definition) is 4. The van der Waals surface area contributed by atoms with Gasteiger partial charge in [-0.2, -0.15) is 0 Å². The van der Waals surface area contributed by atoms with Crippen LogP contribution in [0.1, 0.15) is 0 Å². The van der Waals surface area contributed by atoms with Gasteiger partial charge in [0.05, 0.1) is 0 Å². The third kappa shape index (κ3) is 3.62. The summed E-state index contributed by atoms with van der Waals surface area (Å²) in [5.74, 6) is 0. The Bertz CT molecular complexity index is 51.7. The molecule has 0 spiro atoms. The zero-order valence-corrected chi connectivity index (χ0v) is 6.84. The molecule has 0 aliphatic heterocycles. The van der Waals surface area contributed by atoms with Crippen LogP contribution in [-0.4, -0.2) is 22.3 Å². The van der Waals surface area contributed by atoms with Crippen LogP contribution in [0.4, 0.5) is 0 Å². The molecule has 0 aromatic carbocycles. The minimum atomic E-state index is -2.82. The zero-order valence-electron chi connectivity index (χ0n) is 4.21. The molecule has 0 saturated carbocycles. The standard InChI is InChI=1S/C2H9O2PS2/c1-6-5(3,4)7-2/h3-5H,1-2H3. The molecule has 2 N–H and O–H groups in total. The molecule has 0 heterocycles. The predicted molar refractivity (Wildman–Crippen MR) is 39.8 cm³/mol. The van der Waals surface area contributed by atoms with Gasteiger partial charge < -0.3 is 0 Å². The third-order valence-corrected chi connectivity index (χ3v) is 7.79. The van der Waals surface area contributed by atoms with E-state index in [9.17, 15) is 0 Å². The first kappa shape index (κ1) is 8.05. The first-order valence-corrected chi connectivity index (χ1v) is 7.47. The summed E-state index contributed by atoms with van der Waals surface area (Å²) in [6.45, 7) is 0. The van der Waals surface area contributed by atoms with Gasteiger partial charge in [0.1, 0.15) is 0 Å². The fourth-order valence-electron chi connectivity index (χ4n) is 0.0833. The molecule has 0 bridgehead atoms. The van der Waals surface area contributed by atoms with E-state index in [1.165, 1.54) is 0 Å². The molecule has 0 atom stereocenters. The van der Waals surface area contributed by atoms with Crippen LogP contribution in [0.5, 0.6) is 0 Å². The normalized spacial score (nSPS) is 14.3. The average Bonchev–Trinajstić information content (AvgIpc) is 1.68. The Kier molecular flexibility index (Phi) is 3.62. The number of rotatable bonds is 2. The molecule has 2 nitrogen and oxygen atoms in total. The summed E-state index contributed by atoms with van der Waals surface area (Å²) >= 11 is 2.28. The van der Waals surface area contributed by atoms with Crippen LogP contribution in [0.15, 0.2) is 0 Å². The molecule has 0 fully saturated rings. The second-order valence-electron chi connectivity index (χ2n) is 0.957. The molecule has 0 aromatic heterocycles. The van der Waals surface area contributed by atoms with Crippen molar-refractivity contribution in [1.82, 2.24) is 0 Å². The van der Waals surface area contributed by atoms with Crippen LogP contribution in [0, 0.1) is 0 Å². The molecule has 0 rings (SSSR count). The van der Waals surface area contributed by atoms with Crippen LogP contribution in [0.25, 0.3) is 0 Å². The molecule has 0 aliphatic rings. The Hall–Kier alpha value is 1.05. The van der Waals surface area contributed by atoms with Gasteiger partial charge in [-0.15, -0.1) is 0 Å². The molecule has 0 aliphatic carbocycles.